The zero-order valence-corrected chi connectivity index (χ0v) is 12.9. The third kappa shape index (κ3) is 2.56. The van der Waals surface area contributed by atoms with E-state index in [9.17, 15) is 9.59 Å². The minimum absolute atomic E-state index is 0.0192. The smallest absolute Gasteiger partial charge is 0.290 e. The van der Waals surface area contributed by atoms with Crippen molar-refractivity contribution >= 4 is 17.3 Å². The van der Waals surface area contributed by atoms with Gasteiger partial charge in [-0.3, -0.25) is 14.0 Å². The number of carbonyl (C=O) groups is 2. The first-order valence-corrected chi connectivity index (χ1v) is 7.65. The lowest BCUT2D eigenvalue weighted by Gasteiger charge is -2.13. The zero-order chi connectivity index (χ0) is 15.7. The molecule has 3 heterocycles. The Bertz CT molecular complexity index is 714. The number of aromatic nitrogens is 2. The number of likely N-dealkylation sites (tertiary alicyclic amines) is 1. The maximum Gasteiger partial charge on any atom is 0.290 e. The molecule has 3 rings (SSSR count). The number of amides is 2. The van der Waals surface area contributed by atoms with Crippen LogP contribution in [-0.2, 0) is 0 Å². The second-order valence-electron chi connectivity index (χ2n) is 5.87. The lowest BCUT2D eigenvalue weighted by Crippen LogP contribution is -2.31. The van der Waals surface area contributed by atoms with Crippen molar-refractivity contribution in [3.05, 3.63) is 35.9 Å². The van der Waals surface area contributed by atoms with E-state index < -0.39 is 0 Å². The minimum Gasteiger partial charge on any atom is -0.348 e. The first-order chi connectivity index (χ1) is 10.6. The number of carbonyl (C=O) groups excluding carboxylic acids is 2. The first kappa shape index (κ1) is 14.6. The molecule has 22 heavy (non-hydrogen) atoms. The fourth-order valence-electron chi connectivity index (χ4n) is 2.75. The van der Waals surface area contributed by atoms with Crippen LogP contribution in [0.1, 0.15) is 47.8 Å². The van der Waals surface area contributed by atoms with Crippen LogP contribution >= 0.6 is 0 Å². The average Bonchev–Trinajstić information content (AvgIpc) is 3.14. The molecule has 1 N–H and O–H groups in total. The van der Waals surface area contributed by atoms with E-state index in [-0.39, 0.29) is 17.9 Å². The monoisotopic (exact) mass is 300 g/mol. The second kappa shape index (κ2) is 5.79. The Hall–Kier alpha value is -2.37. The largest absolute Gasteiger partial charge is 0.348 e. The van der Waals surface area contributed by atoms with Gasteiger partial charge in [-0.15, -0.1) is 0 Å². The van der Waals surface area contributed by atoms with E-state index in [1.165, 1.54) is 0 Å². The van der Waals surface area contributed by atoms with Gasteiger partial charge in [-0.2, -0.15) is 0 Å². The van der Waals surface area contributed by atoms with Gasteiger partial charge in [0.15, 0.2) is 5.69 Å². The number of pyridine rings is 1. The molecule has 1 fully saturated rings. The molecular weight excluding hydrogens is 280 g/mol. The Labute approximate surface area is 129 Å². The van der Waals surface area contributed by atoms with Crippen molar-refractivity contribution < 1.29 is 9.59 Å². The van der Waals surface area contributed by atoms with Gasteiger partial charge < -0.3 is 10.2 Å². The third-order valence-electron chi connectivity index (χ3n) is 3.77. The van der Waals surface area contributed by atoms with Crippen molar-refractivity contribution in [2.24, 2.45) is 0 Å². The van der Waals surface area contributed by atoms with Crippen molar-refractivity contribution in [3.8, 4) is 0 Å². The molecule has 1 aliphatic rings. The molecule has 116 valence electrons. The Morgan fingerprint density at radius 2 is 1.95 bits per heavy atom. The summed E-state index contributed by atoms with van der Waals surface area (Å²) in [6.07, 6.45) is 3.82. The highest BCUT2D eigenvalue weighted by atomic mass is 16.2. The molecule has 0 radical (unpaired) electrons. The molecule has 0 unspecified atom stereocenters. The maximum atomic E-state index is 12.6. The van der Waals surface area contributed by atoms with Crippen LogP contribution in [0.5, 0.6) is 0 Å². The Morgan fingerprint density at radius 1 is 1.23 bits per heavy atom. The van der Waals surface area contributed by atoms with E-state index in [2.05, 4.69) is 10.3 Å². The lowest BCUT2D eigenvalue weighted by atomic mass is 10.3. The molecule has 1 saturated heterocycles. The standard InChI is InChI=1S/C16H20N4O2/c1-11(2)17-15(21)13-12-7-3-4-10-20(12)14(18-13)16(22)19-8-5-6-9-19/h3-4,7,10-11H,5-6,8-9H2,1-2H3,(H,17,21). The molecule has 0 saturated carbocycles. The quantitative estimate of drug-likeness (QED) is 0.938. The van der Waals surface area contributed by atoms with Gasteiger partial charge in [0, 0.05) is 25.3 Å². The SMILES string of the molecule is CC(C)NC(=O)c1nc(C(=O)N2CCCC2)n2ccccc12. The van der Waals surface area contributed by atoms with Crippen LogP contribution in [-0.4, -0.2) is 45.2 Å². The maximum absolute atomic E-state index is 12.6. The van der Waals surface area contributed by atoms with Gasteiger partial charge in [-0.1, -0.05) is 6.07 Å². The summed E-state index contributed by atoms with van der Waals surface area (Å²) in [4.78, 5) is 31.1. The average molecular weight is 300 g/mol. The van der Waals surface area contributed by atoms with Crippen LogP contribution in [0.2, 0.25) is 0 Å². The van der Waals surface area contributed by atoms with Crippen LogP contribution in [0.15, 0.2) is 24.4 Å². The van der Waals surface area contributed by atoms with Crippen molar-refractivity contribution in [1.82, 2.24) is 19.6 Å². The van der Waals surface area contributed by atoms with Crippen LogP contribution in [0.4, 0.5) is 0 Å². The number of nitrogens with zero attached hydrogens (tertiary/aromatic N) is 3. The van der Waals surface area contributed by atoms with Gasteiger partial charge in [-0.25, -0.2) is 4.98 Å². The van der Waals surface area contributed by atoms with E-state index >= 15 is 0 Å². The number of fused-ring (bicyclic) bond motifs is 1. The summed E-state index contributed by atoms with van der Waals surface area (Å²) in [5.41, 5.74) is 0.958. The van der Waals surface area contributed by atoms with E-state index in [4.69, 9.17) is 0 Å². The van der Waals surface area contributed by atoms with Crippen LogP contribution in [0.25, 0.3) is 5.52 Å². The molecule has 2 amide bonds. The summed E-state index contributed by atoms with van der Waals surface area (Å²) in [5, 5.41) is 2.83. The molecule has 2 aromatic heterocycles. The van der Waals surface area contributed by atoms with Crippen molar-refractivity contribution in [2.45, 2.75) is 32.7 Å². The number of nitrogens with one attached hydrogen (secondary N) is 1. The summed E-state index contributed by atoms with van der Waals surface area (Å²) in [6, 6.07) is 5.50. The van der Waals surface area contributed by atoms with Crippen molar-refractivity contribution in [1.29, 1.82) is 0 Å². The molecule has 1 aliphatic heterocycles. The summed E-state index contributed by atoms with van der Waals surface area (Å²) in [7, 11) is 0. The van der Waals surface area contributed by atoms with Crippen LogP contribution < -0.4 is 5.32 Å². The van der Waals surface area contributed by atoms with Gasteiger partial charge in [0.25, 0.3) is 11.8 Å². The normalized spacial score (nSPS) is 14.8. The highest BCUT2D eigenvalue weighted by Gasteiger charge is 2.26. The number of rotatable bonds is 3. The molecule has 6 heteroatoms. The van der Waals surface area contributed by atoms with Crippen molar-refractivity contribution in [2.75, 3.05) is 13.1 Å². The highest BCUT2D eigenvalue weighted by molar-refractivity contribution is 6.02. The number of imidazole rings is 1. The van der Waals surface area contributed by atoms with E-state index in [1.807, 2.05) is 32.0 Å². The second-order valence-corrected chi connectivity index (χ2v) is 5.87. The van der Waals surface area contributed by atoms with Crippen molar-refractivity contribution in [3.63, 3.8) is 0 Å². The summed E-state index contributed by atoms with van der Waals surface area (Å²) in [6.45, 7) is 5.31. The molecule has 0 atom stereocenters. The molecule has 2 aromatic rings. The molecular formula is C16H20N4O2. The lowest BCUT2D eigenvalue weighted by molar-refractivity contribution is 0.0780. The summed E-state index contributed by atoms with van der Waals surface area (Å²) >= 11 is 0. The predicted molar refractivity (Wildman–Crippen MR) is 82.9 cm³/mol. The van der Waals surface area contributed by atoms with Crippen LogP contribution in [0, 0.1) is 0 Å². The zero-order valence-electron chi connectivity index (χ0n) is 12.9. The molecule has 0 aromatic carbocycles. The fourth-order valence-corrected chi connectivity index (χ4v) is 2.75. The van der Waals surface area contributed by atoms with Gasteiger partial charge in [0.1, 0.15) is 0 Å². The van der Waals surface area contributed by atoms with Gasteiger partial charge >= 0.3 is 0 Å². The molecule has 0 aliphatic carbocycles. The fraction of sp³-hybridized carbons (Fsp3) is 0.438. The molecule has 0 spiro atoms. The summed E-state index contributed by atoms with van der Waals surface area (Å²) in [5.74, 6) is -0.0483. The van der Waals surface area contributed by atoms with E-state index in [0.717, 1.165) is 25.9 Å². The molecule has 6 nitrogen and oxygen atoms in total. The minimum atomic E-state index is -0.251. The summed E-state index contributed by atoms with van der Waals surface area (Å²) < 4.78 is 1.70. The van der Waals surface area contributed by atoms with Gasteiger partial charge in [0.2, 0.25) is 5.82 Å². The molecule has 0 bridgehead atoms. The highest BCUT2D eigenvalue weighted by Crippen LogP contribution is 2.17. The van der Waals surface area contributed by atoms with E-state index in [1.54, 1.807) is 15.5 Å². The first-order valence-electron chi connectivity index (χ1n) is 7.65. The van der Waals surface area contributed by atoms with Gasteiger partial charge in [-0.05, 0) is 38.8 Å². The Kier molecular flexibility index (Phi) is 3.83. The Morgan fingerprint density at radius 3 is 2.64 bits per heavy atom. The van der Waals surface area contributed by atoms with Crippen LogP contribution in [0.3, 0.4) is 0 Å². The third-order valence-corrected chi connectivity index (χ3v) is 3.77. The number of hydrogen-bond donors (Lipinski definition) is 1. The topological polar surface area (TPSA) is 66.7 Å². The number of hydrogen-bond acceptors (Lipinski definition) is 3. The van der Waals surface area contributed by atoms with Gasteiger partial charge in [0.05, 0.1) is 5.52 Å². The Balaban J connectivity index is 2.04. The predicted octanol–water partition coefficient (Wildman–Crippen LogP) is 1.71. The van der Waals surface area contributed by atoms with E-state index in [0.29, 0.717) is 17.0 Å².